The maximum absolute atomic E-state index is 8.34. The van der Waals surface area contributed by atoms with E-state index in [1.54, 1.807) is 0 Å². The van der Waals surface area contributed by atoms with Crippen LogP contribution in [-0.4, -0.2) is 36.4 Å². The second-order valence-electron chi connectivity index (χ2n) is 3.18. The molecule has 11 heavy (non-hydrogen) atoms. The van der Waals surface area contributed by atoms with Gasteiger partial charge in [-0.15, -0.1) is 0 Å². The summed E-state index contributed by atoms with van der Waals surface area (Å²) >= 11 is 0. The van der Waals surface area contributed by atoms with Crippen LogP contribution in [0.15, 0.2) is 0 Å². The Morgan fingerprint density at radius 1 is 1.45 bits per heavy atom. The minimum Gasteiger partial charge on any atom is -0.306 e. The zero-order valence-corrected chi connectivity index (χ0v) is 7.87. The largest absolute Gasteiger partial charge is 0.306 e. The van der Waals surface area contributed by atoms with Gasteiger partial charge in [0.25, 0.3) is 0 Å². The second kappa shape index (κ2) is 5.52. The van der Waals surface area contributed by atoms with E-state index in [-0.39, 0.29) is 6.10 Å². The number of hydrogen-bond acceptors (Lipinski definition) is 3. The second-order valence-corrected chi connectivity index (χ2v) is 3.18. The molecule has 0 aliphatic rings. The van der Waals surface area contributed by atoms with Crippen molar-refractivity contribution in [2.45, 2.75) is 38.8 Å². The van der Waals surface area contributed by atoms with E-state index in [0.717, 1.165) is 12.8 Å². The average molecular weight is 161 g/mol. The van der Waals surface area contributed by atoms with Gasteiger partial charge in [-0.05, 0) is 33.9 Å². The van der Waals surface area contributed by atoms with Crippen molar-refractivity contribution in [2.75, 3.05) is 14.1 Å². The van der Waals surface area contributed by atoms with Crippen LogP contribution in [-0.2, 0) is 4.89 Å². The molecule has 3 heteroatoms. The third-order valence-electron chi connectivity index (χ3n) is 1.99. The first-order valence-electron chi connectivity index (χ1n) is 4.08. The van der Waals surface area contributed by atoms with Crippen LogP contribution < -0.4 is 0 Å². The molecule has 68 valence electrons. The zero-order valence-electron chi connectivity index (χ0n) is 7.87. The summed E-state index contributed by atoms with van der Waals surface area (Å²) in [6.07, 6.45) is 1.89. The molecule has 0 aromatic rings. The fourth-order valence-corrected chi connectivity index (χ4v) is 1.17. The third-order valence-corrected chi connectivity index (χ3v) is 1.99. The van der Waals surface area contributed by atoms with E-state index < -0.39 is 0 Å². The highest BCUT2D eigenvalue weighted by Crippen LogP contribution is 2.08. The zero-order chi connectivity index (χ0) is 8.85. The summed E-state index contributed by atoms with van der Waals surface area (Å²) in [7, 11) is 4.08. The van der Waals surface area contributed by atoms with Gasteiger partial charge in [0.2, 0.25) is 0 Å². The van der Waals surface area contributed by atoms with Crippen molar-refractivity contribution >= 4 is 0 Å². The summed E-state index contributed by atoms with van der Waals surface area (Å²) in [6, 6.07) is 0.497. The summed E-state index contributed by atoms with van der Waals surface area (Å²) in [6.45, 7) is 4.00. The van der Waals surface area contributed by atoms with Crippen molar-refractivity contribution in [2.24, 2.45) is 0 Å². The molecule has 0 heterocycles. The molecule has 2 atom stereocenters. The first-order chi connectivity index (χ1) is 5.11. The fraction of sp³-hybridized carbons (Fsp3) is 1.00. The van der Waals surface area contributed by atoms with Crippen LogP contribution in [0, 0.1) is 0 Å². The lowest BCUT2D eigenvalue weighted by Gasteiger charge is -2.24. The van der Waals surface area contributed by atoms with Gasteiger partial charge in [-0.2, -0.15) is 0 Å². The van der Waals surface area contributed by atoms with E-state index in [1.165, 1.54) is 0 Å². The quantitative estimate of drug-likeness (QED) is 0.491. The van der Waals surface area contributed by atoms with Gasteiger partial charge in [0.05, 0.1) is 6.10 Å². The monoisotopic (exact) mass is 161 g/mol. The smallest absolute Gasteiger partial charge is 0.0914 e. The molecule has 0 amide bonds. The predicted octanol–water partition coefficient (Wildman–Crippen LogP) is 1.59. The summed E-state index contributed by atoms with van der Waals surface area (Å²) in [4.78, 5) is 6.35. The highest BCUT2D eigenvalue weighted by atomic mass is 17.1. The average Bonchev–Trinajstić information content (AvgIpc) is 1.99. The van der Waals surface area contributed by atoms with Crippen molar-refractivity contribution in [3.63, 3.8) is 0 Å². The van der Waals surface area contributed by atoms with E-state index in [9.17, 15) is 0 Å². The van der Waals surface area contributed by atoms with Crippen molar-refractivity contribution < 1.29 is 10.1 Å². The topological polar surface area (TPSA) is 32.7 Å². The SMILES string of the molecule is CCC(CC(C)OO)N(C)C. The van der Waals surface area contributed by atoms with Crippen molar-refractivity contribution in [1.29, 1.82) is 0 Å². The maximum Gasteiger partial charge on any atom is 0.0914 e. The van der Waals surface area contributed by atoms with Crippen molar-refractivity contribution in [1.82, 2.24) is 4.90 Å². The molecular weight excluding hydrogens is 142 g/mol. The first-order valence-corrected chi connectivity index (χ1v) is 4.08. The molecule has 3 nitrogen and oxygen atoms in total. The van der Waals surface area contributed by atoms with E-state index >= 15 is 0 Å². The number of rotatable bonds is 5. The Morgan fingerprint density at radius 2 is 2.00 bits per heavy atom. The first kappa shape index (κ1) is 10.9. The minimum atomic E-state index is -0.0673. The third kappa shape index (κ3) is 4.35. The van der Waals surface area contributed by atoms with E-state index in [2.05, 4.69) is 16.7 Å². The van der Waals surface area contributed by atoms with E-state index in [0.29, 0.717) is 6.04 Å². The van der Waals surface area contributed by atoms with Crippen LogP contribution in [0.5, 0.6) is 0 Å². The van der Waals surface area contributed by atoms with Crippen LogP contribution in [0.2, 0.25) is 0 Å². The van der Waals surface area contributed by atoms with Crippen molar-refractivity contribution in [3.8, 4) is 0 Å². The lowest BCUT2D eigenvalue weighted by Crippen LogP contribution is -2.30. The van der Waals surface area contributed by atoms with Gasteiger partial charge in [-0.1, -0.05) is 6.92 Å². The van der Waals surface area contributed by atoms with Crippen LogP contribution in [0.4, 0.5) is 0 Å². The normalized spacial score (nSPS) is 16.9. The Kier molecular flexibility index (Phi) is 5.46. The lowest BCUT2D eigenvalue weighted by atomic mass is 10.1. The number of hydrogen-bond donors (Lipinski definition) is 1. The Morgan fingerprint density at radius 3 is 2.27 bits per heavy atom. The van der Waals surface area contributed by atoms with Gasteiger partial charge >= 0.3 is 0 Å². The molecule has 0 fully saturated rings. The molecule has 0 aliphatic heterocycles. The summed E-state index contributed by atoms with van der Waals surface area (Å²) in [5.41, 5.74) is 0. The van der Waals surface area contributed by atoms with Crippen LogP contribution >= 0.6 is 0 Å². The molecule has 0 radical (unpaired) electrons. The Balaban J connectivity index is 3.68. The van der Waals surface area contributed by atoms with Gasteiger partial charge in [0.1, 0.15) is 0 Å². The van der Waals surface area contributed by atoms with E-state index in [4.69, 9.17) is 5.26 Å². The molecule has 2 unspecified atom stereocenters. The Bertz CT molecular complexity index is 96.1. The van der Waals surface area contributed by atoms with E-state index in [1.807, 2.05) is 21.0 Å². The lowest BCUT2D eigenvalue weighted by molar-refractivity contribution is -0.276. The molecule has 0 spiro atoms. The molecule has 0 saturated carbocycles. The molecule has 0 aromatic carbocycles. The highest BCUT2D eigenvalue weighted by Gasteiger charge is 2.13. The van der Waals surface area contributed by atoms with Crippen LogP contribution in [0.1, 0.15) is 26.7 Å². The van der Waals surface area contributed by atoms with Gasteiger partial charge in [-0.3, -0.25) is 5.26 Å². The summed E-state index contributed by atoms with van der Waals surface area (Å²) in [5.74, 6) is 0. The van der Waals surface area contributed by atoms with Crippen LogP contribution in [0.3, 0.4) is 0 Å². The molecule has 0 aromatic heterocycles. The number of nitrogens with zero attached hydrogens (tertiary/aromatic N) is 1. The fourth-order valence-electron chi connectivity index (χ4n) is 1.17. The molecule has 0 aliphatic carbocycles. The van der Waals surface area contributed by atoms with Gasteiger partial charge in [-0.25, -0.2) is 4.89 Å². The van der Waals surface area contributed by atoms with Gasteiger partial charge in [0.15, 0.2) is 0 Å². The van der Waals surface area contributed by atoms with Crippen LogP contribution in [0.25, 0.3) is 0 Å². The summed E-state index contributed by atoms with van der Waals surface area (Å²) in [5, 5.41) is 8.34. The molecule has 0 saturated heterocycles. The van der Waals surface area contributed by atoms with Gasteiger partial charge in [0, 0.05) is 6.04 Å². The molecule has 0 rings (SSSR count). The molecular formula is C8H19NO2. The predicted molar refractivity (Wildman–Crippen MR) is 45.6 cm³/mol. The standard InChI is InChI=1S/C8H19NO2/c1-5-8(9(3)4)6-7(2)11-10/h7-8,10H,5-6H2,1-4H3. The minimum absolute atomic E-state index is 0.0673. The molecule has 1 N–H and O–H groups in total. The van der Waals surface area contributed by atoms with Crippen molar-refractivity contribution in [3.05, 3.63) is 0 Å². The highest BCUT2D eigenvalue weighted by molar-refractivity contribution is 4.66. The van der Waals surface area contributed by atoms with Gasteiger partial charge < -0.3 is 4.90 Å². The Labute approximate surface area is 68.9 Å². The maximum atomic E-state index is 8.34. The Hall–Kier alpha value is -0.120. The summed E-state index contributed by atoms with van der Waals surface area (Å²) < 4.78 is 0. The molecule has 0 bridgehead atoms.